The van der Waals surface area contributed by atoms with E-state index in [9.17, 15) is 0 Å². The fraction of sp³-hybridized carbons (Fsp3) is 0.300. The van der Waals surface area contributed by atoms with Gasteiger partial charge in [-0.05, 0) is 18.1 Å². The van der Waals surface area contributed by atoms with Gasteiger partial charge in [-0.25, -0.2) is 0 Å². The van der Waals surface area contributed by atoms with E-state index in [0.29, 0.717) is 5.92 Å². The maximum atomic E-state index is 4.07. The predicted octanol–water partition coefficient (Wildman–Crippen LogP) is 2.74. The molecule has 0 unspecified atom stereocenters. The summed E-state index contributed by atoms with van der Waals surface area (Å²) in [6.07, 6.45) is 1.88. The van der Waals surface area contributed by atoms with Crippen LogP contribution in [0, 0.1) is 5.92 Å². The second-order valence-corrected chi connectivity index (χ2v) is 3.00. The van der Waals surface area contributed by atoms with E-state index >= 15 is 0 Å². The molecule has 0 radical (unpaired) electrons. The SMILES string of the molecule is CC(C)/C=N\Nc1ccccc1. The van der Waals surface area contributed by atoms with E-state index < -0.39 is 0 Å². The van der Waals surface area contributed by atoms with Crippen molar-refractivity contribution in [2.24, 2.45) is 11.0 Å². The van der Waals surface area contributed by atoms with Crippen molar-refractivity contribution in [1.82, 2.24) is 0 Å². The highest BCUT2D eigenvalue weighted by Gasteiger charge is 1.85. The van der Waals surface area contributed by atoms with Crippen LogP contribution in [-0.4, -0.2) is 6.21 Å². The standard InChI is InChI=1S/C10H14N2/c1-9(2)8-11-12-10-6-4-3-5-7-10/h3-9,12H,1-2H3/b11-8-. The molecule has 0 saturated carbocycles. The third-order valence-corrected chi connectivity index (χ3v) is 1.34. The monoisotopic (exact) mass is 162 g/mol. The molecule has 0 heterocycles. The first-order valence-corrected chi connectivity index (χ1v) is 4.13. The third-order valence-electron chi connectivity index (χ3n) is 1.34. The summed E-state index contributed by atoms with van der Waals surface area (Å²) in [6.45, 7) is 4.19. The molecule has 1 aromatic rings. The van der Waals surface area contributed by atoms with Crippen LogP contribution in [-0.2, 0) is 0 Å². The molecule has 0 atom stereocenters. The number of nitrogens with one attached hydrogen (secondary N) is 1. The topological polar surface area (TPSA) is 24.4 Å². The first-order chi connectivity index (χ1) is 5.79. The van der Waals surface area contributed by atoms with Gasteiger partial charge >= 0.3 is 0 Å². The van der Waals surface area contributed by atoms with Crippen molar-refractivity contribution in [3.63, 3.8) is 0 Å². The largest absolute Gasteiger partial charge is 0.279 e. The molecule has 0 aliphatic carbocycles. The molecule has 0 amide bonds. The van der Waals surface area contributed by atoms with Gasteiger partial charge in [0.15, 0.2) is 0 Å². The van der Waals surface area contributed by atoms with Gasteiger partial charge in [0.2, 0.25) is 0 Å². The lowest BCUT2D eigenvalue weighted by Gasteiger charge is -1.98. The minimum atomic E-state index is 0.487. The van der Waals surface area contributed by atoms with Crippen molar-refractivity contribution in [3.8, 4) is 0 Å². The van der Waals surface area contributed by atoms with Gasteiger partial charge in [-0.15, -0.1) is 0 Å². The summed E-state index contributed by atoms with van der Waals surface area (Å²) >= 11 is 0. The first-order valence-electron chi connectivity index (χ1n) is 4.13. The van der Waals surface area contributed by atoms with Crippen LogP contribution in [0.3, 0.4) is 0 Å². The van der Waals surface area contributed by atoms with E-state index in [4.69, 9.17) is 0 Å². The molecule has 0 bridgehead atoms. The zero-order valence-corrected chi connectivity index (χ0v) is 7.49. The molecule has 64 valence electrons. The maximum absolute atomic E-state index is 4.07. The highest BCUT2D eigenvalue weighted by atomic mass is 15.3. The quantitative estimate of drug-likeness (QED) is 0.536. The Kier molecular flexibility index (Phi) is 3.33. The van der Waals surface area contributed by atoms with E-state index in [1.165, 1.54) is 0 Å². The number of benzene rings is 1. The zero-order valence-electron chi connectivity index (χ0n) is 7.49. The Balaban J connectivity index is 2.43. The van der Waals surface area contributed by atoms with E-state index in [2.05, 4.69) is 24.4 Å². The van der Waals surface area contributed by atoms with Gasteiger partial charge in [0.25, 0.3) is 0 Å². The summed E-state index contributed by atoms with van der Waals surface area (Å²) < 4.78 is 0. The van der Waals surface area contributed by atoms with Crippen LogP contribution in [0.15, 0.2) is 35.4 Å². The Morgan fingerprint density at radius 1 is 1.25 bits per heavy atom. The van der Waals surface area contributed by atoms with E-state index in [1.807, 2.05) is 36.5 Å². The molecular weight excluding hydrogens is 148 g/mol. The van der Waals surface area contributed by atoms with E-state index in [-0.39, 0.29) is 0 Å². The number of rotatable bonds is 3. The molecular formula is C10H14N2. The normalized spacial score (nSPS) is 10.9. The number of hydrogen-bond acceptors (Lipinski definition) is 2. The number of hydrogen-bond donors (Lipinski definition) is 1. The maximum Gasteiger partial charge on any atom is 0.0561 e. The van der Waals surface area contributed by atoms with E-state index in [1.54, 1.807) is 0 Å². The minimum absolute atomic E-state index is 0.487. The Morgan fingerprint density at radius 3 is 2.50 bits per heavy atom. The average Bonchev–Trinajstić information content (AvgIpc) is 2.05. The predicted molar refractivity (Wildman–Crippen MR) is 53.4 cm³/mol. The minimum Gasteiger partial charge on any atom is -0.279 e. The van der Waals surface area contributed by atoms with Gasteiger partial charge in [-0.3, -0.25) is 5.43 Å². The third kappa shape index (κ3) is 3.19. The van der Waals surface area contributed by atoms with Gasteiger partial charge in [0.1, 0.15) is 0 Å². The second-order valence-electron chi connectivity index (χ2n) is 3.00. The van der Waals surface area contributed by atoms with Crippen LogP contribution in [0.4, 0.5) is 5.69 Å². The lowest BCUT2D eigenvalue weighted by molar-refractivity contribution is 0.904. The van der Waals surface area contributed by atoms with Crippen LogP contribution in [0.1, 0.15) is 13.8 Å². The lowest BCUT2D eigenvalue weighted by Crippen LogP contribution is -1.93. The van der Waals surface area contributed by atoms with Gasteiger partial charge < -0.3 is 0 Å². The summed E-state index contributed by atoms with van der Waals surface area (Å²) in [5.41, 5.74) is 3.97. The van der Waals surface area contributed by atoms with Crippen molar-refractivity contribution < 1.29 is 0 Å². The zero-order chi connectivity index (χ0) is 8.81. The van der Waals surface area contributed by atoms with Crippen molar-refractivity contribution in [3.05, 3.63) is 30.3 Å². The fourth-order valence-electron chi connectivity index (χ4n) is 0.774. The van der Waals surface area contributed by atoms with Crippen LogP contribution in [0.25, 0.3) is 0 Å². The molecule has 2 nitrogen and oxygen atoms in total. The number of hydrazone groups is 1. The number of para-hydroxylation sites is 1. The Labute approximate surface area is 73.3 Å². The van der Waals surface area contributed by atoms with Crippen LogP contribution in [0.2, 0.25) is 0 Å². The first kappa shape index (κ1) is 8.78. The van der Waals surface area contributed by atoms with Gasteiger partial charge in [0.05, 0.1) is 5.69 Å². The van der Waals surface area contributed by atoms with Crippen LogP contribution in [0.5, 0.6) is 0 Å². The van der Waals surface area contributed by atoms with Crippen molar-refractivity contribution >= 4 is 11.9 Å². The highest BCUT2D eigenvalue weighted by molar-refractivity contribution is 5.61. The summed E-state index contributed by atoms with van der Waals surface area (Å²) in [4.78, 5) is 0. The Bertz CT molecular complexity index is 239. The molecule has 0 aliphatic rings. The molecule has 2 heteroatoms. The number of nitrogens with zero attached hydrogens (tertiary/aromatic N) is 1. The summed E-state index contributed by atoms with van der Waals surface area (Å²) in [5, 5.41) is 4.07. The van der Waals surface area contributed by atoms with Crippen molar-refractivity contribution in [2.75, 3.05) is 5.43 Å². The molecule has 1 aromatic carbocycles. The molecule has 0 aromatic heterocycles. The Hall–Kier alpha value is -1.31. The molecule has 0 aliphatic heterocycles. The molecule has 1 N–H and O–H groups in total. The fourth-order valence-corrected chi connectivity index (χ4v) is 0.774. The van der Waals surface area contributed by atoms with Gasteiger partial charge in [0, 0.05) is 6.21 Å². The summed E-state index contributed by atoms with van der Waals surface area (Å²) in [6, 6.07) is 9.91. The van der Waals surface area contributed by atoms with E-state index in [0.717, 1.165) is 5.69 Å². The van der Waals surface area contributed by atoms with Crippen molar-refractivity contribution in [1.29, 1.82) is 0 Å². The highest BCUT2D eigenvalue weighted by Crippen LogP contribution is 2.03. The second kappa shape index (κ2) is 4.54. The smallest absolute Gasteiger partial charge is 0.0561 e. The van der Waals surface area contributed by atoms with Crippen molar-refractivity contribution in [2.45, 2.75) is 13.8 Å². The molecule has 1 rings (SSSR count). The number of anilines is 1. The summed E-state index contributed by atoms with van der Waals surface area (Å²) in [5.74, 6) is 0.487. The van der Waals surface area contributed by atoms with Crippen LogP contribution < -0.4 is 5.43 Å². The Morgan fingerprint density at radius 2 is 1.92 bits per heavy atom. The average molecular weight is 162 g/mol. The molecule has 0 fully saturated rings. The van der Waals surface area contributed by atoms with Gasteiger partial charge in [-0.2, -0.15) is 5.10 Å². The molecule has 0 saturated heterocycles. The molecule has 12 heavy (non-hydrogen) atoms. The molecule has 0 spiro atoms. The van der Waals surface area contributed by atoms with Crippen LogP contribution >= 0.6 is 0 Å². The van der Waals surface area contributed by atoms with Gasteiger partial charge in [-0.1, -0.05) is 32.0 Å². The lowest BCUT2D eigenvalue weighted by atomic mass is 10.3. The summed E-state index contributed by atoms with van der Waals surface area (Å²) in [7, 11) is 0.